The average Bonchev–Trinajstić information content (AvgIpc) is 2.46. The van der Waals surface area contributed by atoms with Crippen LogP contribution in [0, 0.1) is 9.39 Å². The van der Waals surface area contributed by atoms with Crippen molar-refractivity contribution < 1.29 is 18.7 Å². The number of halogens is 3. The highest BCUT2D eigenvalue weighted by Gasteiger charge is 2.20. The first-order valence-electron chi connectivity index (χ1n) is 5.89. The summed E-state index contributed by atoms with van der Waals surface area (Å²) in [6.45, 7) is 0. The van der Waals surface area contributed by atoms with Crippen molar-refractivity contribution in [2.24, 2.45) is 0 Å². The Morgan fingerprint density at radius 3 is 2.33 bits per heavy atom. The molecule has 6 heteroatoms. The Labute approximate surface area is 143 Å². The predicted molar refractivity (Wildman–Crippen MR) is 89.8 cm³/mol. The Morgan fingerprint density at radius 2 is 1.76 bits per heavy atom. The van der Waals surface area contributed by atoms with Crippen molar-refractivity contribution in [3.05, 3.63) is 55.3 Å². The molecule has 0 aromatic heterocycles. The number of ether oxygens (including phenoxy) is 2. The van der Waals surface area contributed by atoms with Gasteiger partial charge in [-0.3, -0.25) is 4.79 Å². The molecule has 0 aliphatic carbocycles. The molecule has 0 unspecified atom stereocenters. The van der Waals surface area contributed by atoms with Crippen molar-refractivity contribution in [3.8, 4) is 11.5 Å². The lowest BCUT2D eigenvalue weighted by atomic mass is 10.0. The van der Waals surface area contributed by atoms with Gasteiger partial charge in [0.05, 0.1) is 24.3 Å². The van der Waals surface area contributed by atoms with Crippen LogP contribution < -0.4 is 9.47 Å². The van der Waals surface area contributed by atoms with Gasteiger partial charge in [0.15, 0.2) is 5.78 Å². The van der Waals surface area contributed by atoms with Gasteiger partial charge in [-0.25, -0.2) is 4.39 Å². The fourth-order valence-corrected chi connectivity index (χ4v) is 3.06. The van der Waals surface area contributed by atoms with Crippen molar-refractivity contribution in [2.45, 2.75) is 0 Å². The highest BCUT2D eigenvalue weighted by Crippen LogP contribution is 2.34. The summed E-state index contributed by atoms with van der Waals surface area (Å²) < 4.78 is 24.8. The Kier molecular flexibility index (Phi) is 5.21. The summed E-state index contributed by atoms with van der Waals surface area (Å²) in [4.78, 5) is 12.7. The minimum Gasteiger partial charge on any atom is -0.496 e. The minimum atomic E-state index is -0.378. The number of methoxy groups -OCH3 is 2. The zero-order valence-electron chi connectivity index (χ0n) is 11.2. The molecule has 0 fully saturated rings. The van der Waals surface area contributed by atoms with Crippen LogP contribution in [0.5, 0.6) is 11.5 Å². The number of rotatable bonds is 4. The summed E-state index contributed by atoms with van der Waals surface area (Å²) in [7, 11) is 3.00. The van der Waals surface area contributed by atoms with Gasteiger partial charge in [0.2, 0.25) is 0 Å². The average molecular weight is 465 g/mol. The van der Waals surface area contributed by atoms with Crippen molar-refractivity contribution in [1.29, 1.82) is 0 Å². The van der Waals surface area contributed by atoms with Gasteiger partial charge in [-0.15, -0.1) is 0 Å². The monoisotopic (exact) mass is 464 g/mol. The highest BCUT2D eigenvalue weighted by molar-refractivity contribution is 14.1. The maximum absolute atomic E-state index is 13.2. The number of hydrogen-bond acceptors (Lipinski definition) is 3. The standard InChI is InChI=1S/C15H11BrFIO3/c1-20-13-7-11(16)14(21-2)6-10(13)15(19)9-4-3-8(17)5-12(9)18/h3-7H,1-2H3. The van der Waals surface area contributed by atoms with Crippen molar-refractivity contribution in [3.63, 3.8) is 0 Å². The van der Waals surface area contributed by atoms with Gasteiger partial charge in [0, 0.05) is 9.13 Å². The van der Waals surface area contributed by atoms with Gasteiger partial charge in [-0.05, 0) is 68.9 Å². The molecule has 0 aliphatic heterocycles. The van der Waals surface area contributed by atoms with Crippen LogP contribution in [0.2, 0.25) is 0 Å². The van der Waals surface area contributed by atoms with Crippen LogP contribution in [-0.2, 0) is 0 Å². The minimum absolute atomic E-state index is 0.248. The van der Waals surface area contributed by atoms with Crippen molar-refractivity contribution in [2.75, 3.05) is 14.2 Å². The van der Waals surface area contributed by atoms with Crippen LogP contribution in [0.3, 0.4) is 0 Å². The van der Waals surface area contributed by atoms with Crippen LogP contribution in [-0.4, -0.2) is 20.0 Å². The number of carbonyl (C=O) groups excluding carboxylic acids is 1. The maximum atomic E-state index is 13.2. The Bertz CT molecular complexity index is 704. The van der Waals surface area contributed by atoms with E-state index in [-0.39, 0.29) is 11.6 Å². The molecule has 3 nitrogen and oxygen atoms in total. The van der Waals surface area contributed by atoms with Gasteiger partial charge >= 0.3 is 0 Å². The van der Waals surface area contributed by atoms with Crippen LogP contribution in [0.4, 0.5) is 4.39 Å². The molecule has 0 saturated carbocycles. The van der Waals surface area contributed by atoms with Gasteiger partial charge in [-0.2, -0.15) is 0 Å². The van der Waals surface area contributed by atoms with E-state index in [1.54, 1.807) is 12.1 Å². The second kappa shape index (κ2) is 6.74. The molecule has 0 radical (unpaired) electrons. The lowest BCUT2D eigenvalue weighted by molar-refractivity contribution is 0.103. The molecule has 0 N–H and O–H groups in total. The smallest absolute Gasteiger partial charge is 0.197 e. The van der Waals surface area contributed by atoms with Crippen molar-refractivity contribution >= 4 is 44.3 Å². The molecule has 0 heterocycles. The first-order valence-corrected chi connectivity index (χ1v) is 7.76. The molecular weight excluding hydrogens is 454 g/mol. The van der Waals surface area contributed by atoms with E-state index in [0.717, 1.165) is 0 Å². The third-order valence-electron chi connectivity index (χ3n) is 2.89. The topological polar surface area (TPSA) is 35.5 Å². The molecule has 110 valence electrons. The summed E-state index contributed by atoms with van der Waals surface area (Å²) in [5.41, 5.74) is 0.779. The second-order valence-corrected chi connectivity index (χ2v) is 6.16. The molecule has 0 spiro atoms. The largest absolute Gasteiger partial charge is 0.496 e. The van der Waals surface area contributed by atoms with Crippen LogP contribution in [0.1, 0.15) is 15.9 Å². The van der Waals surface area contributed by atoms with E-state index in [9.17, 15) is 9.18 Å². The van der Waals surface area contributed by atoms with Gasteiger partial charge in [-0.1, -0.05) is 0 Å². The summed E-state index contributed by atoms with van der Waals surface area (Å²) >= 11 is 5.28. The van der Waals surface area contributed by atoms with E-state index in [1.807, 2.05) is 22.6 Å². The van der Waals surface area contributed by atoms with E-state index in [1.165, 1.54) is 32.4 Å². The fourth-order valence-electron chi connectivity index (χ4n) is 1.86. The van der Waals surface area contributed by atoms with E-state index < -0.39 is 0 Å². The Balaban J connectivity index is 2.56. The summed E-state index contributed by atoms with van der Waals surface area (Å²) in [6.07, 6.45) is 0. The SMILES string of the molecule is COc1cc(C(=O)c2ccc(F)cc2I)c(OC)cc1Br. The predicted octanol–water partition coefficient (Wildman–Crippen LogP) is 4.44. The molecular formula is C15H11BrFIO3. The quantitative estimate of drug-likeness (QED) is 0.495. The summed E-state index contributed by atoms with van der Waals surface area (Å²) in [5, 5.41) is 0. The molecule has 0 aliphatic rings. The van der Waals surface area contributed by atoms with Crippen LogP contribution >= 0.6 is 38.5 Å². The molecule has 2 aromatic rings. The number of hydrogen-bond donors (Lipinski definition) is 0. The van der Waals surface area contributed by atoms with Gasteiger partial charge < -0.3 is 9.47 Å². The van der Waals surface area contributed by atoms with Crippen molar-refractivity contribution in [1.82, 2.24) is 0 Å². The lowest BCUT2D eigenvalue weighted by Gasteiger charge is -2.12. The van der Waals surface area contributed by atoms with E-state index in [2.05, 4.69) is 15.9 Å². The third kappa shape index (κ3) is 3.37. The molecule has 0 bridgehead atoms. The molecule has 0 amide bonds. The van der Waals surface area contributed by atoms with Gasteiger partial charge in [0.25, 0.3) is 0 Å². The molecule has 0 atom stereocenters. The molecule has 2 aromatic carbocycles. The number of ketones is 1. The normalized spacial score (nSPS) is 10.3. The first-order chi connectivity index (χ1) is 9.97. The molecule has 21 heavy (non-hydrogen) atoms. The van der Waals surface area contributed by atoms with E-state index in [4.69, 9.17) is 9.47 Å². The first kappa shape index (κ1) is 16.2. The van der Waals surface area contributed by atoms with E-state index in [0.29, 0.717) is 30.7 Å². The summed E-state index contributed by atoms with van der Waals surface area (Å²) in [5.74, 6) is 0.322. The number of carbonyl (C=O) groups is 1. The number of benzene rings is 2. The third-order valence-corrected chi connectivity index (χ3v) is 4.41. The summed E-state index contributed by atoms with van der Waals surface area (Å²) in [6, 6.07) is 7.31. The molecule has 2 rings (SSSR count). The zero-order valence-corrected chi connectivity index (χ0v) is 15.0. The fraction of sp³-hybridized carbons (Fsp3) is 0.133. The van der Waals surface area contributed by atoms with E-state index >= 15 is 0 Å². The molecule has 0 saturated heterocycles. The zero-order chi connectivity index (χ0) is 15.6. The lowest BCUT2D eigenvalue weighted by Crippen LogP contribution is -2.07. The highest BCUT2D eigenvalue weighted by atomic mass is 127. The van der Waals surface area contributed by atoms with Crippen LogP contribution in [0.15, 0.2) is 34.8 Å². The Morgan fingerprint density at radius 1 is 1.10 bits per heavy atom. The second-order valence-electron chi connectivity index (χ2n) is 4.14. The maximum Gasteiger partial charge on any atom is 0.197 e. The van der Waals surface area contributed by atoms with Crippen LogP contribution in [0.25, 0.3) is 0 Å². The van der Waals surface area contributed by atoms with Gasteiger partial charge in [0.1, 0.15) is 17.3 Å². The Hall–Kier alpha value is -1.15.